The third-order valence-electron chi connectivity index (χ3n) is 5.73. The van der Waals surface area contributed by atoms with Crippen molar-refractivity contribution in [2.75, 3.05) is 18.1 Å². The van der Waals surface area contributed by atoms with E-state index in [4.69, 9.17) is 4.74 Å². The van der Waals surface area contributed by atoms with Crippen LogP contribution in [0.2, 0.25) is 0 Å². The molecule has 0 aromatic carbocycles. The number of hydrogen-bond acceptors (Lipinski definition) is 6. The van der Waals surface area contributed by atoms with Crippen LogP contribution < -0.4 is 5.32 Å². The molecule has 1 atom stereocenters. The van der Waals surface area contributed by atoms with Gasteiger partial charge in [0.15, 0.2) is 5.82 Å². The fourth-order valence-corrected chi connectivity index (χ4v) is 6.24. The van der Waals surface area contributed by atoms with Gasteiger partial charge in [-0.2, -0.15) is 9.46 Å². The van der Waals surface area contributed by atoms with E-state index < -0.39 is 27.1 Å². The lowest BCUT2D eigenvalue weighted by molar-refractivity contribution is -0.126. The van der Waals surface area contributed by atoms with Gasteiger partial charge in [0, 0.05) is 42.7 Å². The quantitative estimate of drug-likeness (QED) is 0.757. The average Bonchev–Trinajstić information content (AvgIpc) is 3.24. The lowest BCUT2D eigenvalue weighted by Gasteiger charge is -2.44. The van der Waals surface area contributed by atoms with Gasteiger partial charge in [-0.15, -0.1) is 0 Å². The van der Waals surface area contributed by atoms with E-state index >= 15 is 0 Å². The van der Waals surface area contributed by atoms with Gasteiger partial charge in [-0.05, 0) is 37.8 Å². The monoisotopic (exact) mass is 449 g/mol. The van der Waals surface area contributed by atoms with Crippen molar-refractivity contribution in [2.24, 2.45) is 4.36 Å². The molecule has 9 nitrogen and oxygen atoms in total. The van der Waals surface area contributed by atoms with Crippen LogP contribution >= 0.6 is 0 Å². The van der Waals surface area contributed by atoms with Crippen molar-refractivity contribution in [2.45, 2.75) is 43.9 Å². The van der Waals surface area contributed by atoms with Gasteiger partial charge in [-0.1, -0.05) is 0 Å². The summed E-state index contributed by atoms with van der Waals surface area (Å²) in [5.74, 6) is -1.34. The first kappa shape index (κ1) is 21.6. The summed E-state index contributed by atoms with van der Waals surface area (Å²) in [6, 6.07) is 2.94. The molecular formula is C20H24FN5O4S. The van der Waals surface area contributed by atoms with Crippen LogP contribution in [0.4, 0.5) is 4.39 Å². The van der Waals surface area contributed by atoms with Crippen molar-refractivity contribution in [1.82, 2.24) is 20.1 Å². The molecule has 2 aliphatic heterocycles. The van der Waals surface area contributed by atoms with Crippen LogP contribution in [0.15, 0.2) is 41.3 Å². The largest absolute Gasteiger partial charge is 0.375 e. The van der Waals surface area contributed by atoms with E-state index in [9.17, 15) is 18.2 Å². The number of nitrogens with zero attached hydrogens (tertiary/aromatic N) is 4. The zero-order valence-corrected chi connectivity index (χ0v) is 17.7. The highest BCUT2D eigenvalue weighted by atomic mass is 32.2. The first-order valence-corrected chi connectivity index (χ1v) is 12.0. The third kappa shape index (κ3) is 5.16. The Bertz CT molecular complexity index is 1070. The molecule has 2 aromatic rings. The Hall–Kier alpha value is -2.66. The van der Waals surface area contributed by atoms with Crippen LogP contribution in [0.3, 0.4) is 0 Å². The summed E-state index contributed by atoms with van der Waals surface area (Å²) in [5.41, 5.74) is -0.726. The van der Waals surface area contributed by atoms with Crippen molar-refractivity contribution in [3.63, 3.8) is 0 Å². The number of ether oxygens (including phenoxy) is 1. The first-order valence-electron chi connectivity index (χ1n) is 10.1. The van der Waals surface area contributed by atoms with Gasteiger partial charge in [0.05, 0.1) is 27.1 Å². The van der Waals surface area contributed by atoms with E-state index in [1.807, 2.05) is 0 Å². The van der Waals surface area contributed by atoms with Gasteiger partial charge >= 0.3 is 0 Å². The molecule has 4 heterocycles. The first-order chi connectivity index (χ1) is 14.9. The molecular weight excluding hydrogens is 425 g/mol. The van der Waals surface area contributed by atoms with E-state index in [-0.39, 0.29) is 35.6 Å². The van der Waals surface area contributed by atoms with Crippen molar-refractivity contribution >= 4 is 21.5 Å². The van der Waals surface area contributed by atoms with Gasteiger partial charge in [0.25, 0.3) is 5.91 Å². The zero-order valence-electron chi connectivity index (χ0n) is 16.9. The second-order valence-electron chi connectivity index (χ2n) is 7.93. The summed E-state index contributed by atoms with van der Waals surface area (Å²) in [6.07, 6.45) is 7.82. The van der Waals surface area contributed by atoms with E-state index in [1.165, 1.54) is 12.3 Å². The lowest BCUT2D eigenvalue weighted by atomic mass is 9.85. The van der Waals surface area contributed by atoms with E-state index in [2.05, 4.69) is 19.8 Å². The molecule has 0 aliphatic carbocycles. The number of hydrogen-bond donors (Lipinski definition) is 1. The topological polar surface area (TPSA) is 116 Å². The third-order valence-corrected chi connectivity index (χ3v) is 7.91. The summed E-state index contributed by atoms with van der Waals surface area (Å²) in [4.78, 5) is 28.2. The minimum Gasteiger partial charge on any atom is -0.375 e. The van der Waals surface area contributed by atoms with E-state index in [1.54, 1.807) is 23.1 Å². The van der Waals surface area contributed by atoms with Crippen LogP contribution in [0, 0.1) is 5.82 Å². The fourth-order valence-electron chi connectivity index (χ4n) is 4.07. The maximum Gasteiger partial charge on any atom is 0.288 e. The molecule has 166 valence electrons. The number of nitrogens with one attached hydrogen (secondary N) is 1. The molecule has 2 aliphatic rings. The van der Waals surface area contributed by atoms with E-state index in [0.29, 0.717) is 32.3 Å². The van der Waals surface area contributed by atoms with Gasteiger partial charge in [0.1, 0.15) is 6.54 Å². The second-order valence-corrected chi connectivity index (χ2v) is 10.5. The number of rotatable bonds is 4. The molecule has 1 spiro atoms. The average molecular weight is 450 g/mol. The lowest BCUT2D eigenvalue weighted by Crippen LogP contribution is -2.52. The van der Waals surface area contributed by atoms with Crippen molar-refractivity contribution < 1.29 is 22.9 Å². The maximum absolute atomic E-state index is 13.8. The maximum atomic E-state index is 13.8. The van der Waals surface area contributed by atoms with Crippen molar-refractivity contribution in [3.05, 3.63) is 48.3 Å². The van der Waals surface area contributed by atoms with Gasteiger partial charge in [0.2, 0.25) is 5.91 Å². The molecule has 0 saturated carbocycles. The highest BCUT2D eigenvalue weighted by molar-refractivity contribution is 7.93. The van der Waals surface area contributed by atoms with Crippen molar-refractivity contribution in [3.8, 4) is 0 Å². The van der Waals surface area contributed by atoms with Crippen molar-refractivity contribution in [1.29, 1.82) is 0 Å². The SMILES string of the molecule is O=C(Cn1cccn1)NC1CCOC2(CCS(=O)(=NC(=O)c3ccncc3F)CC2)C1. The van der Waals surface area contributed by atoms with Gasteiger partial charge in [-0.25, -0.2) is 8.60 Å². The van der Waals surface area contributed by atoms with Gasteiger partial charge < -0.3 is 10.1 Å². The smallest absolute Gasteiger partial charge is 0.288 e. The standard InChI is InChI=1S/C20H24FN5O4S/c21-17-13-22-7-2-16(17)19(28)25-31(29)10-4-20(5-11-31)12-15(3-9-30-20)24-18(27)14-26-8-1-6-23-26/h1-2,6-8,13,15H,3-5,9-12,14H2,(H,24,27). The summed E-state index contributed by atoms with van der Waals surface area (Å²) in [6.45, 7) is 0.643. The highest BCUT2D eigenvalue weighted by Gasteiger charge is 2.42. The Balaban J connectivity index is 1.37. The summed E-state index contributed by atoms with van der Waals surface area (Å²) < 4.78 is 38.3. The number of halogens is 1. The normalized spacial score (nSPS) is 28.2. The van der Waals surface area contributed by atoms with E-state index in [0.717, 1.165) is 6.20 Å². The summed E-state index contributed by atoms with van der Waals surface area (Å²) in [7, 11) is -2.80. The Kier molecular flexibility index (Phi) is 6.15. The molecule has 31 heavy (non-hydrogen) atoms. The molecule has 4 rings (SSSR count). The minimum absolute atomic E-state index is 0.0459. The number of amides is 2. The predicted octanol–water partition coefficient (Wildman–Crippen LogP) is 1.55. The number of pyridine rings is 1. The Morgan fingerprint density at radius 2 is 2.16 bits per heavy atom. The molecule has 1 unspecified atom stereocenters. The molecule has 0 bridgehead atoms. The fraction of sp³-hybridized carbons (Fsp3) is 0.500. The number of carbonyl (C=O) groups excluding carboxylic acids is 2. The van der Waals surface area contributed by atoms with Crippen LogP contribution in [0.5, 0.6) is 0 Å². The van der Waals surface area contributed by atoms with Crippen LogP contribution in [0.25, 0.3) is 0 Å². The molecule has 2 saturated heterocycles. The molecule has 0 radical (unpaired) electrons. The van der Waals surface area contributed by atoms with Crippen LogP contribution in [0.1, 0.15) is 36.0 Å². The molecule has 2 fully saturated rings. The van der Waals surface area contributed by atoms with Crippen LogP contribution in [-0.2, 0) is 25.8 Å². The van der Waals surface area contributed by atoms with Crippen LogP contribution in [-0.4, -0.2) is 60.5 Å². The zero-order chi connectivity index (χ0) is 21.9. The molecule has 11 heteroatoms. The summed E-state index contributed by atoms with van der Waals surface area (Å²) in [5, 5.41) is 7.07. The Morgan fingerprint density at radius 3 is 2.87 bits per heavy atom. The molecule has 2 amide bonds. The minimum atomic E-state index is -2.80. The number of carbonyl (C=O) groups is 2. The Morgan fingerprint density at radius 1 is 1.35 bits per heavy atom. The number of aromatic nitrogens is 3. The molecule has 1 N–H and O–H groups in total. The van der Waals surface area contributed by atoms with Gasteiger partial charge in [-0.3, -0.25) is 19.3 Å². The second kappa shape index (κ2) is 8.83. The summed E-state index contributed by atoms with van der Waals surface area (Å²) >= 11 is 0. The predicted molar refractivity (Wildman–Crippen MR) is 110 cm³/mol. The highest BCUT2D eigenvalue weighted by Crippen LogP contribution is 2.36. The Labute approximate surface area is 179 Å². The molecule has 2 aromatic heterocycles.